The van der Waals surface area contributed by atoms with E-state index >= 15 is 0 Å². The molecule has 21 heavy (non-hydrogen) atoms. The van der Waals surface area contributed by atoms with E-state index in [1.165, 1.54) is 12.8 Å². The molecule has 122 valence electrons. The molecule has 0 unspecified atom stereocenters. The maximum absolute atomic E-state index is 11.9. The SMILES string of the molecule is CCCC[C@H]1[C@H](C)OC(=O)[C@@H](N)CCC[C@@H]1OCC1CC1. The first-order valence-electron chi connectivity index (χ1n) is 8.69. The first-order valence-corrected chi connectivity index (χ1v) is 8.69. The van der Waals surface area contributed by atoms with Crippen molar-refractivity contribution >= 4 is 5.97 Å². The van der Waals surface area contributed by atoms with E-state index in [9.17, 15) is 4.79 Å². The van der Waals surface area contributed by atoms with Gasteiger partial charge in [-0.05, 0) is 51.4 Å². The topological polar surface area (TPSA) is 61.5 Å². The minimum absolute atomic E-state index is 0.0996. The van der Waals surface area contributed by atoms with Gasteiger partial charge in [0.2, 0.25) is 0 Å². The fourth-order valence-corrected chi connectivity index (χ4v) is 3.14. The molecule has 0 aromatic rings. The van der Waals surface area contributed by atoms with Crippen molar-refractivity contribution in [1.29, 1.82) is 0 Å². The van der Waals surface area contributed by atoms with Gasteiger partial charge < -0.3 is 15.2 Å². The van der Waals surface area contributed by atoms with Gasteiger partial charge in [0.25, 0.3) is 0 Å². The van der Waals surface area contributed by atoms with Crippen LogP contribution in [0.4, 0.5) is 0 Å². The lowest BCUT2D eigenvalue weighted by Gasteiger charge is -2.31. The summed E-state index contributed by atoms with van der Waals surface area (Å²) in [5, 5.41) is 0. The Kier molecular flexibility index (Phi) is 6.49. The molecule has 4 atom stereocenters. The summed E-state index contributed by atoms with van der Waals surface area (Å²) in [5.41, 5.74) is 5.89. The average Bonchev–Trinajstić information content (AvgIpc) is 3.27. The third kappa shape index (κ3) is 5.26. The Labute approximate surface area is 128 Å². The van der Waals surface area contributed by atoms with Crippen molar-refractivity contribution in [3.8, 4) is 0 Å². The molecule has 0 amide bonds. The molecule has 1 aliphatic heterocycles. The second-order valence-electron chi connectivity index (χ2n) is 6.80. The number of rotatable bonds is 6. The lowest BCUT2D eigenvalue weighted by Crippen LogP contribution is -2.38. The van der Waals surface area contributed by atoms with Crippen LogP contribution in [0.5, 0.6) is 0 Å². The van der Waals surface area contributed by atoms with Crippen LogP contribution in [0.25, 0.3) is 0 Å². The van der Waals surface area contributed by atoms with Crippen LogP contribution < -0.4 is 5.73 Å². The van der Waals surface area contributed by atoms with Crippen LogP contribution in [0.3, 0.4) is 0 Å². The number of nitrogens with two attached hydrogens (primary N) is 1. The molecular weight excluding hydrogens is 266 g/mol. The summed E-state index contributed by atoms with van der Waals surface area (Å²) < 4.78 is 11.8. The van der Waals surface area contributed by atoms with E-state index in [1.54, 1.807) is 0 Å². The van der Waals surface area contributed by atoms with Crippen molar-refractivity contribution in [2.24, 2.45) is 17.6 Å². The quantitative estimate of drug-likeness (QED) is 0.766. The Morgan fingerprint density at radius 3 is 2.71 bits per heavy atom. The van der Waals surface area contributed by atoms with E-state index in [0.717, 1.165) is 44.6 Å². The maximum atomic E-state index is 11.9. The number of carbonyl (C=O) groups excluding carboxylic acids is 1. The number of hydrogen-bond donors (Lipinski definition) is 1. The third-order valence-corrected chi connectivity index (χ3v) is 4.82. The molecule has 1 saturated carbocycles. The zero-order valence-corrected chi connectivity index (χ0v) is 13.6. The van der Waals surface area contributed by atoms with Crippen molar-refractivity contribution in [3.05, 3.63) is 0 Å². The molecule has 0 aromatic heterocycles. The van der Waals surface area contributed by atoms with Crippen LogP contribution >= 0.6 is 0 Å². The summed E-state index contributed by atoms with van der Waals surface area (Å²) in [4.78, 5) is 11.9. The van der Waals surface area contributed by atoms with Gasteiger partial charge >= 0.3 is 5.97 Å². The zero-order valence-electron chi connectivity index (χ0n) is 13.6. The van der Waals surface area contributed by atoms with E-state index in [1.807, 2.05) is 6.92 Å². The van der Waals surface area contributed by atoms with Crippen LogP contribution in [0, 0.1) is 11.8 Å². The molecule has 2 rings (SSSR count). The number of unbranched alkanes of at least 4 members (excludes halogenated alkanes) is 1. The Bertz CT molecular complexity index is 330. The van der Waals surface area contributed by atoms with E-state index in [2.05, 4.69) is 6.92 Å². The number of ether oxygens (including phenoxy) is 2. The molecule has 2 aliphatic rings. The molecule has 1 saturated heterocycles. The number of carbonyl (C=O) groups is 1. The Balaban J connectivity index is 2.01. The monoisotopic (exact) mass is 297 g/mol. The van der Waals surface area contributed by atoms with Crippen LogP contribution in [-0.4, -0.2) is 30.8 Å². The third-order valence-electron chi connectivity index (χ3n) is 4.82. The standard InChI is InChI=1S/C17H31NO3/c1-3-4-6-14-12(2)21-17(19)15(18)7-5-8-16(14)20-11-13-9-10-13/h12-16H,3-11,18H2,1-2H3/t12-,14-,15-,16-/m0/s1. The molecule has 0 spiro atoms. The number of hydrogen-bond acceptors (Lipinski definition) is 4. The summed E-state index contributed by atoms with van der Waals surface area (Å²) in [5.74, 6) is 0.828. The molecule has 4 heteroatoms. The Morgan fingerprint density at radius 1 is 1.29 bits per heavy atom. The highest BCUT2D eigenvalue weighted by Crippen LogP contribution is 2.33. The molecule has 4 nitrogen and oxygen atoms in total. The van der Waals surface area contributed by atoms with Gasteiger partial charge in [0.05, 0.1) is 6.10 Å². The van der Waals surface area contributed by atoms with Crippen molar-refractivity contribution in [2.75, 3.05) is 6.61 Å². The second kappa shape index (κ2) is 8.14. The molecule has 0 bridgehead atoms. The van der Waals surface area contributed by atoms with Gasteiger partial charge in [-0.25, -0.2) is 0 Å². The van der Waals surface area contributed by atoms with Gasteiger partial charge in [-0.3, -0.25) is 4.79 Å². The highest BCUT2D eigenvalue weighted by atomic mass is 16.5. The van der Waals surface area contributed by atoms with Gasteiger partial charge in [-0.15, -0.1) is 0 Å². The average molecular weight is 297 g/mol. The molecule has 0 radical (unpaired) electrons. The summed E-state index contributed by atoms with van der Waals surface area (Å²) >= 11 is 0. The minimum atomic E-state index is -0.471. The van der Waals surface area contributed by atoms with E-state index in [-0.39, 0.29) is 18.2 Å². The Hall–Kier alpha value is -0.610. The molecule has 2 fully saturated rings. The van der Waals surface area contributed by atoms with Gasteiger partial charge in [0.15, 0.2) is 0 Å². The largest absolute Gasteiger partial charge is 0.461 e. The Morgan fingerprint density at radius 2 is 2.05 bits per heavy atom. The predicted molar refractivity (Wildman–Crippen MR) is 82.9 cm³/mol. The molecule has 1 aliphatic carbocycles. The zero-order chi connectivity index (χ0) is 15.2. The maximum Gasteiger partial charge on any atom is 0.323 e. The highest BCUT2D eigenvalue weighted by molar-refractivity contribution is 5.75. The summed E-state index contributed by atoms with van der Waals surface area (Å²) in [7, 11) is 0. The molecular formula is C17H31NO3. The molecule has 0 aromatic carbocycles. The van der Waals surface area contributed by atoms with Crippen LogP contribution in [0.2, 0.25) is 0 Å². The van der Waals surface area contributed by atoms with Gasteiger partial charge in [0, 0.05) is 12.5 Å². The normalized spacial score (nSPS) is 34.7. The van der Waals surface area contributed by atoms with E-state index in [0.29, 0.717) is 12.3 Å². The first-order chi connectivity index (χ1) is 10.1. The highest BCUT2D eigenvalue weighted by Gasteiger charge is 2.34. The summed E-state index contributed by atoms with van der Waals surface area (Å²) in [6, 6.07) is -0.471. The minimum Gasteiger partial charge on any atom is -0.461 e. The van der Waals surface area contributed by atoms with Gasteiger partial charge in [-0.1, -0.05) is 19.8 Å². The van der Waals surface area contributed by atoms with Crippen LogP contribution in [0.15, 0.2) is 0 Å². The van der Waals surface area contributed by atoms with Crippen molar-refractivity contribution < 1.29 is 14.3 Å². The lowest BCUT2D eigenvalue weighted by atomic mass is 9.88. The van der Waals surface area contributed by atoms with Crippen molar-refractivity contribution in [3.63, 3.8) is 0 Å². The predicted octanol–water partition coefficient (Wildman–Crippen LogP) is 3.03. The number of cyclic esters (lactones) is 1. The summed E-state index contributed by atoms with van der Waals surface area (Å²) in [6.07, 6.45) is 8.75. The first kappa shape index (κ1) is 16.8. The second-order valence-corrected chi connectivity index (χ2v) is 6.80. The fourth-order valence-electron chi connectivity index (χ4n) is 3.14. The molecule has 2 N–H and O–H groups in total. The summed E-state index contributed by atoms with van der Waals surface area (Å²) in [6.45, 7) is 5.07. The smallest absolute Gasteiger partial charge is 0.323 e. The number of esters is 1. The van der Waals surface area contributed by atoms with Gasteiger partial charge in [0.1, 0.15) is 12.1 Å². The molecule has 1 heterocycles. The van der Waals surface area contributed by atoms with E-state index in [4.69, 9.17) is 15.2 Å². The van der Waals surface area contributed by atoms with Crippen LogP contribution in [0.1, 0.15) is 65.2 Å². The lowest BCUT2D eigenvalue weighted by molar-refractivity contribution is -0.155. The van der Waals surface area contributed by atoms with Gasteiger partial charge in [-0.2, -0.15) is 0 Å². The fraction of sp³-hybridized carbons (Fsp3) is 0.941. The van der Waals surface area contributed by atoms with Crippen LogP contribution in [-0.2, 0) is 14.3 Å². The van der Waals surface area contributed by atoms with E-state index < -0.39 is 6.04 Å². The van der Waals surface area contributed by atoms with Crippen molar-refractivity contribution in [1.82, 2.24) is 0 Å². The van der Waals surface area contributed by atoms with Crippen molar-refractivity contribution in [2.45, 2.75) is 83.5 Å².